The van der Waals surface area contributed by atoms with Gasteiger partial charge in [0, 0.05) is 25.0 Å². The zero-order valence-electron chi connectivity index (χ0n) is 16.9. The number of aryl methyl sites for hydroxylation is 1. The second-order valence-electron chi connectivity index (χ2n) is 8.03. The number of hydrogen-bond acceptors (Lipinski definition) is 4. The largest absolute Gasteiger partial charge is 0.495 e. The molecule has 156 valence electrons. The van der Waals surface area contributed by atoms with Gasteiger partial charge in [0.05, 0.1) is 7.11 Å². The van der Waals surface area contributed by atoms with Crippen LogP contribution < -0.4 is 10.1 Å². The number of rotatable bonds is 5. The predicted octanol–water partition coefficient (Wildman–Crippen LogP) is 3.24. The highest BCUT2D eigenvalue weighted by Gasteiger charge is 2.34. The van der Waals surface area contributed by atoms with E-state index < -0.39 is 10.0 Å². The van der Waals surface area contributed by atoms with Gasteiger partial charge in [0.1, 0.15) is 10.6 Å². The van der Waals surface area contributed by atoms with Gasteiger partial charge >= 0.3 is 0 Å². The standard InChI is InChI=1S/C21H32N2O4S/c1-16-9-10-19(27-2)20(15-16)28(25,26)23-13-11-17(12-14-23)21(24)22-18-7-5-3-4-6-8-18/h9-10,15,17-18H,3-8,11-14H2,1-2H3,(H,22,24). The van der Waals surface area contributed by atoms with E-state index in [4.69, 9.17) is 4.74 Å². The molecule has 6 nitrogen and oxygen atoms in total. The van der Waals surface area contributed by atoms with Crippen molar-refractivity contribution in [1.29, 1.82) is 0 Å². The molecule has 0 spiro atoms. The number of ether oxygens (including phenoxy) is 1. The molecule has 2 fully saturated rings. The highest BCUT2D eigenvalue weighted by atomic mass is 32.2. The first-order valence-corrected chi connectivity index (χ1v) is 11.8. The van der Waals surface area contributed by atoms with E-state index in [0.717, 1.165) is 18.4 Å². The van der Waals surface area contributed by atoms with Crippen LogP contribution in [0.4, 0.5) is 0 Å². The van der Waals surface area contributed by atoms with Gasteiger partial charge in [-0.15, -0.1) is 0 Å². The number of benzene rings is 1. The molecule has 7 heteroatoms. The maximum absolute atomic E-state index is 13.1. The predicted molar refractivity (Wildman–Crippen MR) is 109 cm³/mol. The summed E-state index contributed by atoms with van der Waals surface area (Å²) in [5.74, 6) is 0.352. The normalized spacial score (nSPS) is 20.5. The van der Waals surface area contributed by atoms with Crippen LogP contribution in [-0.2, 0) is 14.8 Å². The van der Waals surface area contributed by atoms with Crippen molar-refractivity contribution in [2.24, 2.45) is 5.92 Å². The first-order chi connectivity index (χ1) is 13.4. The maximum Gasteiger partial charge on any atom is 0.246 e. The Morgan fingerprint density at radius 3 is 2.32 bits per heavy atom. The number of sulfonamides is 1. The lowest BCUT2D eigenvalue weighted by molar-refractivity contribution is -0.126. The Morgan fingerprint density at radius 2 is 1.71 bits per heavy atom. The zero-order valence-corrected chi connectivity index (χ0v) is 17.8. The summed E-state index contributed by atoms with van der Waals surface area (Å²) in [6, 6.07) is 5.46. The zero-order chi connectivity index (χ0) is 20.1. The molecule has 1 amide bonds. The van der Waals surface area contributed by atoms with E-state index in [2.05, 4.69) is 5.32 Å². The van der Waals surface area contributed by atoms with Crippen LogP contribution >= 0.6 is 0 Å². The monoisotopic (exact) mass is 408 g/mol. The van der Waals surface area contributed by atoms with Crippen LogP contribution in [0.25, 0.3) is 0 Å². The van der Waals surface area contributed by atoms with Gasteiger partial charge in [-0.2, -0.15) is 4.31 Å². The second-order valence-corrected chi connectivity index (χ2v) is 9.94. The summed E-state index contributed by atoms with van der Waals surface area (Å²) in [6.07, 6.45) is 8.12. The van der Waals surface area contributed by atoms with E-state index in [1.807, 2.05) is 13.0 Å². The van der Waals surface area contributed by atoms with Crippen molar-refractivity contribution in [2.45, 2.75) is 69.2 Å². The minimum Gasteiger partial charge on any atom is -0.495 e. The summed E-state index contributed by atoms with van der Waals surface area (Å²) in [7, 11) is -2.15. The summed E-state index contributed by atoms with van der Waals surface area (Å²) in [5.41, 5.74) is 0.872. The Labute approximate surface area is 168 Å². The molecule has 1 saturated heterocycles. The molecule has 1 heterocycles. The van der Waals surface area contributed by atoms with Crippen LogP contribution in [0.1, 0.15) is 56.9 Å². The van der Waals surface area contributed by atoms with E-state index in [9.17, 15) is 13.2 Å². The van der Waals surface area contributed by atoms with Crippen molar-refractivity contribution >= 4 is 15.9 Å². The van der Waals surface area contributed by atoms with Crippen LogP contribution in [0.15, 0.2) is 23.1 Å². The van der Waals surface area contributed by atoms with Crippen molar-refractivity contribution in [2.75, 3.05) is 20.2 Å². The van der Waals surface area contributed by atoms with E-state index in [1.165, 1.54) is 37.1 Å². The topological polar surface area (TPSA) is 75.7 Å². The number of nitrogens with zero attached hydrogens (tertiary/aromatic N) is 1. The maximum atomic E-state index is 13.1. The molecule has 1 aliphatic carbocycles. The molecule has 0 aromatic heterocycles. The molecule has 2 aliphatic rings. The van der Waals surface area contributed by atoms with E-state index in [1.54, 1.807) is 12.1 Å². The van der Waals surface area contributed by atoms with Gasteiger partial charge in [0.25, 0.3) is 0 Å². The Balaban J connectivity index is 1.61. The number of carbonyl (C=O) groups excluding carboxylic acids is 1. The molecule has 1 N–H and O–H groups in total. The fourth-order valence-corrected chi connectivity index (χ4v) is 5.94. The van der Waals surface area contributed by atoms with Crippen molar-refractivity contribution in [3.8, 4) is 5.75 Å². The van der Waals surface area contributed by atoms with Crippen molar-refractivity contribution in [1.82, 2.24) is 9.62 Å². The number of carbonyl (C=O) groups is 1. The summed E-state index contributed by atoms with van der Waals surface area (Å²) in [6.45, 7) is 2.59. The van der Waals surface area contributed by atoms with Gasteiger partial charge < -0.3 is 10.1 Å². The molecule has 0 atom stereocenters. The highest BCUT2D eigenvalue weighted by Crippen LogP contribution is 2.30. The minimum absolute atomic E-state index is 0.0945. The van der Waals surface area contributed by atoms with Crippen LogP contribution in [0.3, 0.4) is 0 Å². The average Bonchev–Trinajstić information content (AvgIpc) is 2.96. The molecule has 0 bridgehead atoms. The number of amides is 1. The first-order valence-electron chi connectivity index (χ1n) is 10.4. The molecule has 0 unspecified atom stereocenters. The highest BCUT2D eigenvalue weighted by molar-refractivity contribution is 7.89. The molecule has 28 heavy (non-hydrogen) atoms. The third-order valence-electron chi connectivity index (χ3n) is 5.96. The molecule has 0 radical (unpaired) electrons. The summed E-state index contributed by atoms with van der Waals surface area (Å²) < 4.78 is 32.9. The fraction of sp³-hybridized carbons (Fsp3) is 0.667. The number of piperidine rings is 1. The Morgan fingerprint density at radius 1 is 1.07 bits per heavy atom. The average molecular weight is 409 g/mol. The molecular weight excluding hydrogens is 376 g/mol. The lowest BCUT2D eigenvalue weighted by atomic mass is 9.96. The number of nitrogens with one attached hydrogen (secondary N) is 1. The van der Waals surface area contributed by atoms with Gasteiger partial charge in [-0.1, -0.05) is 31.7 Å². The Hall–Kier alpha value is -1.60. The third-order valence-corrected chi connectivity index (χ3v) is 7.88. The van der Waals surface area contributed by atoms with Gasteiger partial charge in [0.2, 0.25) is 15.9 Å². The quantitative estimate of drug-likeness (QED) is 0.759. The van der Waals surface area contributed by atoms with Crippen LogP contribution in [0.2, 0.25) is 0 Å². The minimum atomic E-state index is -3.63. The van der Waals surface area contributed by atoms with Crippen LogP contribution in [0.5, 0.6) is 5.75 Å². The number of methoxy groups -OCH3 is 1. The fourth-order valence-electron chi connectivity index (χ4n) is 4.23. The van der Waals surface area contributed by atoms with Gasteiger partial charge in [-0.05, 0) is 50.3 Å². The smallest absolute Gasteiger partial charge is 0.246 e. The SMILES string of the molecule is COc1ccc(C)cc1S(=O)(=O)N1CCC(C(=O)NC2CCCCCC2)CC1. The lowest BCUT2D eigenvalue weighted by Gasteiger charge is -2.31. The molecule has 1 saturated carbocycles. The van der Waals surface area contributed by atoms with Crippen LogP contribution in [-0.4, -0.2) is 44.9 Å². The van der Waals surface area contributed by atoms with E-state index in [-0.39, 0.29) is 22.8 Å². The Kier molecular flexibility index (Phi) is 6.99. The lowest BCUT2D eigenvalue weighted by Crippen LogP contribution is -2.45. The van der Waals surface area contributed by atoms with Crippen molar-refractivity contribution < 1.29 is 17.9 Å². The molecule has 3 rings (SSSR count). The van der Waals surface area contributed by atoms with Gasteiger partial charge in [-0.25, -0.2) is 8.42 Å². The Bertz CT molecular complexity index is 778. The van der Waals surface area contributed by atoms with Gasteiger partial charge in [0.15, 0.2) is 0 Å². The van der Waals surface area contributed by atoms with E-state index in [0.29, 0.717) is 31.7 Å². The number of hydrogen-bond donors (Lipinski definition) is 1. The van der Waals surface area contributed by atoms with Gasteiger partial charge in [-0.3, -0.25) is 4.79 Å². The third kappa shape index (κ3) is 4.87. The van der Waals surface area contributed by atoms with E-state index >= 15 is 0 Å². The molecule has 1 aliphatic heterocycles. The summed E-state index contributed by atoms with van der Waals surface area (Å²) >= 11 is 0. The van der Waals surface area contributed by atoms with Crippen molar-refractivity contribution in [3.05, 3.63) is 23.8 Å². The first kappa shape index (κ1) is 21.1. The van der Waals surface area contributed by atoms with Crippen molar-refractivity contribution in [3.63, 3.8) is 0 Å². The molecule has 1 aromatic carbocycles. The summed E-state index contributed by atoms with van der Waals surface area (Å²) in [4.78, 5) is 12.9. The van der Waals surface area contributed by atoms with Crippen LogP contribution in [0, 0.1) is 12.8 Å². The molecular formula is C21H32N2O4S. The summed E-state index contributed by atoms with van der Waals surface area (Å²) in [5, 5.41) is 3.21. The molecule has 1 aromatic rings. The second kappa shape index (κ2) is 9.27.